The molecule has 1 N–H and O–H groups in total. The lowest BCUT2D eigenvalue weighted by atomic mass is 9.95. The first-order valence-electron chi connectivity index (χ1n) is 6.92. The van der Waals surface area contributed by atoms with Gasteiger partial charge < -0.3 is 10.2 Å². The highest BCUT2D eigenvalue weighted by Crippen LogP contribution is 2.22. The minimum Gasteiger partial charge on any atom is -0.308 e. The van der Waals surface area contributed by atoms with Crippen LogP contribution in [0.5, 0.6) is 0 Å². The summed E-state index contributed by atoms with van der Waals surface area (Å²) in [6.45, 7) is 3.10. The summed E-state index contributed by atoms with van der Waals surface area (Å²) in [5.41, 5.74) is 4.34. The third kappa shape index (κ3) is 3.50. The van der Waals surface area contributed by atoms with Gasteiger partial charge in [-0.15, -0.1) is 11.3 Å². The number of nitrogens with zero attached hydrogens (tertiary/aromatic N) is 1. The molecular weight excluding hydrogens is 332 g/mol. The normalized spacial score (nSPS) is 18.2. The molecule has 0 aliphatic carbocycles. The van der Waals surface area contributed by atoms with Gasteiger partial charge in [0.1, 0.15) is 0 Å². The van der Waals surface area contributed by atoms with Crippen molar-refractivity contribution in [2.45, 2.75) is 25.6 Å². The van der Waals surface area contributed by atoms with E-state index in [9.17, 15) is 0 Å². The summed E-state index contributed by atoms with van der Waals surface area (Å²) in [5, 5.41) is 5.88. The summed E-state index contributed by atoms with van der Waals surface area (Å²) in [4.78, 5) is 2.40. The maximum absolute atomic E-state index is 3.65. The smallest absolute Gasteiger partial charge is 0.0701 e. The molecule has 0 fully saturated rings. The van der Waals surface area contributed by atoms with E-state index in [2.05, 4.69) is 68.9 Å². The number of likely N-dealkylation sites (N-methyl/N-ethyl adjacent to an activating group) is 1. The quantitative estimate of drug-likeness (QED) is 0.905. The number of benzene rings is 1. The average Bonchev–Trinajstić information content (AvgIpc) is 2.83. The molecule has 2 aromatic rings. The van der Waals surface area contributed by atoms with E-state index in [4.69, 9.17) is 0 Å². The van der Waals surface area contributed by atoms with Gasteiger partial charge in [-0.25, -0.2) is 0 Å². The molecule has 0 radical (unpaired) electrons. The van der Waals surface area contributed by atoms with E-state index in [1.165, 1.54) is 20.5 Å². The van der Waals surface area contributed by atoms with Gasteiger partial charge in [0.2, 0.25) is 0 Å². The number of nitrogens with one attached hydrogen (secondary N) is 1. The van der Waals surface area contributed by atoms with Gasteiger partial charge in [0.05, 0.1) is 3.79 Å². The molecule has 1 unspecified atom stereocenters. The second-order valence-electron chi connectivity index (χ2n) is 5.51. The topological polar surface area (TPSA) is 15.3 Å². The van der Waals surface area contributed by atoms with Crippen LogP contribution in [-0.2, 0) is 19.5 Å². The molecule has 2 heterocycles. The van der Waals surface area contributed by atoms with E-state index in [0.717, 1.165) is 26.1 Å². The Morgan fingerprint density at radius 2 is 2.15 bits per heavy atom. The van der Waals surface area contributed by atoms with Crippen LogP contribution >= 0.6 is 27.3 Å². The SMILES string of the molecule is CN(Cc1csc(Br)c1)CC1Cc2ccccc2CN1. The zero-order valence-electron chi connectivity index (χ0n) is 11.6. The molecule has 1 aliphatic rings. The summed E-state index contributed by atoms with van der Waals surface area (Å²) in [7, 11) is 2.20. The predicted octanol–water partition coefficient (Wildman–Crippen LogP) is 3.66. The molecule has 106 valence electrons. The molecule has 2 nitrogen and oxygen atoms in total. The number of fused-ring (bicyclic) bond motifs is 1. The Kier molecular flexibility index (Phi) is 4.56. The molecule has 1 aromatic heterocycles. The molecule has 4 heteroatoms. The zero-order chi connectivity index (χ0) is 13.9. The first-order chi connectivity index (χ1) is 9.70. The first kappa shape index (κ1) is 14.3. The van der Waals surface area contributed by atoms with Gasteiger partial charge in [0, 0.05) is 25.7 Å². The Balaban J connectivity index is 1.56. The minimum atomic E-state index is 0.553. The lowest BCUT2D eigenvalue weighted by Crippen LogP contribution is -2.43. The predicted molar refractivity (Wildman–Crippen MR) is 89.1 cm³/mol. The maximum atomic E-state index is 3.65. The molecule has 0 amide bonds. The second-order valence-corrected chi connectivity index (χ2v) is 7.80. The molecule has 0 saturated carbocycles. The number of hydrogen-bond acceptors (Lipinski definition) is 3. The van der Waals surface area contributed by atoms with Crippen molar-refractivity contribution in [3.63, 3.8) is 0 Å². The molecule has 1 atom stereocenters. The molecular formula is C16H19BrN2S. The third-order valence-electron chi connectivity index (χ3n) is 3.77. The van der Waals surface area contributed by atoms with Crippen molar-refractivity contribution in [3.05, 3.63) is 56.2 Å². The Labute approximate surface area is 132 Å². The van der Waals surface area contributed by atoms with Crippen molar-refractivity contribution in [2.75, 3.05) is 13.6 Å². The Hall–Kier alpha value is -0.680. The van der Waals surface area contributed by atoms with Crippen LogP contribution in [0.1, 0.15) is 16.7 Å². The van der Waals surface area contributed by atoms with E-state index in [1.807, 2.05) is 0 Å². The number of rotatable bonds is 4. The largest absolute Gasteiger partial charge is 0.308 e. The average molecular weight is 351 g/mol. The third-order valence-corrected chi connectivity index (χ3v) is 5.33. The summed E-state index contributed by atoms with van der Waals surface area (Å²) in [6, 6.07) is 11.5. The van der Waals surface area contributed by atoms with E-state index in [1.54, 1.807) is 11.3 Å². The van der Waals surface area contributed by atoms with Crippen molar-refractivity contribution >= 4 is 27.3 Å². The number of hydrogen-bond donors (Lipinski definition) is 1. The van der Waals surface area contributed by atoms with Crippen LogP contribution < -0.4 is 5.32 Å². The highest BCUT2D eigenvalue weighted by molar-refractivity contribution is 9.11. The Bertz CT molecular complexity index is 581. The van der Waals surface area contributed by atoms with E-state index in [-0.39, 0.29) is 0 Å². The molecule has 0 spiro atoms. The van der Waals surface area contributed by atoms with Crippen LogP contribution in [0.25, 0.3) is 0 Å². The summed E-state index contributed by atoms with van der Waals surface area (Å²) >= 11 is 5.28. The van der Waals surface area contributed by atoms with Gasteiger partial charge in [0.25, 0.3) is 0 Å². The van der Waals surface area contributed by atoms with Crippen molar-refractivity contribution in [1.29, 1.82) is 0 Å². The maximum Gasteiger partial charge on any atom is 0.0701 e. The Morgan fingerprint density at radius 1 is 1.35 bits per heavy atom. The monoisotopic (exact) mass is 350 g/mol. The van der Waals surface area contributed by atoms with Gasteiger partial charge >= 0.3 is 0 Å². The standard InChI is InChI=1S/C16H19BrN2S/c1-19(9-12-6-16(17)20-11-12)10-15-7-13-4-2-3-5-14(13)8-18-15/h2-6,11,15,18H,7-10H2,1H3. The van der Waals surface area contributed by atoms with Crippen LogP contribution in [0.15, 0.2) is 39.5 Å². The van der Waals surface area contributed by atoms with Gasteiger partial charge in [-0.2, -0.15) is 0 Å². The molecule has 3 rings (SSSR count). The van der Waals surface area contributed by atoms with Gasteiger partial charge in [0.15, 0.2) is 0 Å². The fourth-order valence-corrected chi connectivity index (χ4v) is 4.03. The summed E-state index contributed by atoms with van der Waals surface area (Å²) in [5.74, 6) is 0. The number of halogens is 1. The van der Waals surface area contributed by atoms with E-state index in [0.29, 0.717) is 6.04 Å². The fourth-order valence-electron chi connectivity index (χ4n) is 2.83. The summed E-state index contributed by atoms with van der Waals surface area (Å²) < 4.78 is 1.21. The van der Waals surface area contributed by atoms with Crippen LogP contribution in [0.3, 0.4) is 0 Å². The molecule has 1 aromatic carbocycles. The molecule has 20 heavy (non-hydrogen) atoms. The minimum absolute atomic E-state index is 0.553. The van der Waals surface area contributed by atoms with Crippen molar-refractivity contribution in [3.8, 4) is 0 Å². The van der Waals surface area contributed by atoms with Gasteiger partial charge in [-0.05, 0) is 57.5 Å². The van der Waals surface area contributed by atoms with E-state index < -0.39 is 0 Å². The highest BCUT2D eigenvalue weighted by Gasteiger charge is 2.18. The highest BCUT2D eigenvalue weighted by atomic mass is 79.9. The van der Waals surface area contributed by atoms with Crippen LogP contribution in [0.2, 0.25) is 0 Å². The molecule has 1 aliphatic heterocycles. The van der Waals surface area contributed by atoms with Crippen molar-refractivity contribution in [2.24, 2.45) is 0 Å². The first-order valence-corrected chi connectivity index (χ1v) is 8.59. The van der Waals surface area contributed by atoms with Gasteiger partial charge in [-0.3, -0.25) is 0 Å². The number of thiophene rings is 1. The van der Waals surface area contributed by atoms with Gasteiger partial charge in [-0.1, -0.05) is 24.3 Å². The summed E-state index contributed by atoms with van der Waals surface area (Å²) in [6.07, 6.45) is 1.13. The second kappa shape index (κ2) is 6.39. The molecule has 0 bridgehead atoms. The van der Waals surface area contributed by atoms with Crippen LogP contribution in [0.4, 0.5) is 0 Å². The fraction of sp³-hybridized carbons (Fsp3) is 0.375. The van der Waals surface area contributed by atoms with Crippen LogP contribution in [-0.4, -0.2) is 24.5 Å². The zero-order valence-corrected chi connectivity index (χ0v) is 14.0. The molecule has 0 saturated heterocycles. The lowest BCUT2D eigenvalue weighted by Gasteiger charge is -2.29. The van der Waals surface area contributed by atoms with Crippen molar-refractivity contribution in [1.82, 2.24) is 10.2 Å². The lowest BCUT2D eigenvalue weighted by molar-refractivity contribution is 0.274. The van der Waals surface area contributed by atoms with E-state index >= 15 is 0 Å². The van der Waals surface area contributed by atoms with Crippen molar-refractivity contribution < 1.29 is 0 Å². The Morgan fingerprint density at radius 3 is 2.90 bits per heavy atom. The van der Waals surface area contributed by atoms with Crippen LogP contribution in [0, 0.1) is 0 Å².